The van der Waals surface area contributed by atoms with Crippen LogP contribution in [-0.2, 0) is 9.59 Å². The second kappa shape index (κ2) is 7.07. The summed E-state index contributed by atoms with van der Waals surface area (Å²) in [6.45, 7) is 4.75. The van der Waals surface area contributed by atoms with E-state index in [1.54, 1.807) is 9.80 Å². The van der Waals surface area contributed by atoms with Gasteiger partial charge in [0.25, 0.3) is 11.8 Å². The number of benzene rings is 2. The van der Waals surface area contributed by atoms with Gasteiger partial charge in [0, 0.05) is 12.2 Å². The lowest BCUT2D eigenvalue weighted by Gasteiger charge is -2.26. The molecule has 2 amide bonds. The molecule has 0 saturated carbocycles. The standard InChI is InChI=1S/C20H23N3O2/c1-14(2)12-13-22-16-10-6-7-11-17(16)23(15-8-4-3-5-9-15)20(25)18(21)19(22)24/h3-11,14,18H,12-13,21H2,1-2H3. The van der Waals surface area contributed by atoms with Crippen molar-refractivity contribution in [3.05, 3.63) is 54.6 Å². The molecule has 1 aliphatic heterocycles. The molecule has 0 fully saturated rings. The summed E-state index contributed by atoms with van der Waals surface area (Å²) in [4.78, 5) is 29.0. The Balaban J connectivity index is 2.13. The lowest BCUT2D eigenvalue weighted by molar-refractivity contribution is -0.127. The van der Waals surface area contributed by atoms with Crippen LogP contribution < -0.4 is 15.5 Å². The summed E-state index contributed by atoms with van der Waals surface area (Å²) < 4.78 is 0. The highest BCUT2D eigenvalue weighted by Gasteiger charge is 2.38. The van der Waals surface area contributed by atoms with E-state index >= 15 is 0 Å². The van der Waals surface area contributed by atoms with E-state index in [0.29, 0.717) is 23.8 Å². The van der Waals surface area contributed by atoms with E-state index in [-0.39, 0.29) is 5.91 Å². The molecule has 1 unspecified atom stereocenters. The van der Waals surface area contributed by atoms with Crippen LogP contribution in [0, 0.1) is 5.92 Å². The van der Waals surface area contributed by atoms with Gasteiger partial charge in [-0.2, -0.15) is 0 Å². The number of fused-ring (bicyclic) bond motifs is 1. The zero-order valence-corrected chi connectivity index (χ0v) is 14.6. The third-order valence-electron chi connectivity index (χ3n) is 4.38. The van der Waals surface area contributed by atoms with Crippen molar-refractivity contribution in [1.29, 1.82) is 0 Å². The average Bonchev–Trinajstić information content (AvgIpc) is 2.69. The van der Waals surface area contributed by atoms with Crippen molar-refractivity contribution in [3.8, 4) is 0 Å². The molecule has 5 nitrogen and oxygen atoms in total. The maximum atomic E-state index is 13.0. The quantitative estimate of drug-likeness (QED) is 0.872. The highest BCUT2D eigenvalue weighted by Crippen LogP contribution is 2.37. The summed E-state index contributed by atoms with van der Waals surface area (Å²) in [5.41, 5.74) is 8.15. The van der Waals surface area contributed by atoms with Gasteiger partial charge in [0.1, 0.15) is 0 Å². The molecule has 0 bridgehead atoms. The molecule has 130 valence electrons. The minimum atomic E-state index is -1.21. The van der Waals surface area contributed by atoms with E-state index in [1.807, 2.05) is 54.6 Å². The maximum absolute atomic E-state index is 13.0. The predicted molar refractivity (Wildman–Crippen MR) is 99.8 cm³/mol. The molecule has 0 aliphatic carbocycles. The van der Waals surface area contributed by atoms with Crippen LogP contribution >= 0.6 is 0 Å². The molecule has 3 rings (SSSR count). The second-order valence-corrected chi connectivity index (χ2v) is 6.65. The van der Waals surface area contributed by atoms with Gasteiger partial charge in [-0.3, -0.25) is 14.5 Å². The summed E-state index contributed by atoms with van der Waals surface area (Å²) in [6.07, 6.45) is 0.840. The summed E-state index contributed by atoms with van der Waals surface area (Å²) >= 11 is 0. The number of hydrogen-bond acceptors (Lipinski definition) is 3. The number of anilines is 3. The molecule has 1 heterocycles. The number of para-hydroxylation sites is 3. The minimum absolute atomic E-state index is 0.350. The van der Waals surface area contributed by atoms with Gasteiger partial charge in [0.05, 0.1) is 11.4 Å². The van der Waals surface area contributed by atoms with Crippen molar-refractivity contribution in [1.82, 2.24) is 0 Å². The van der Waals surface area contributed by atoms with Crippen molar-refractivity contribution < 1.29 is 9.59 Å². The van der Waals surface area contributed by atoms with Crippen molar-refractivity contribution in [3.63, 3.8) is 0 Å². The normalized spacial score (nSPS) is 17.7. The Hall–Kier alpha value is -2.66. The Morgan fingerprint density at radius 3 is 2.16 bits per heavy atom. The lowest BCUT2D eigenvalue weighted by Crippen LogP contribution is -2.50. The first-order valence-electron chi connectivity index (χ1n) is 8.55. The van der Waals surface area contributed by atoms with Crippen LogP contribution in [0.3, 0.4) is 0 Å². The number of nitrogens with zero attached hydrogens (tertiary/aromatic N) is 2. The molecular weight excluding hydrogens is 314 g/mol. The summed E-state index contributed by atoms with van der Waals surface area (Å²) in [5, 5.41) is 0. The van der Waals surface area contributed by atoms with Crippen LogP contribution in [-0.4, -0.2) is 24.4 Å². The number of amides is 2. The Labute approximate surface area is 148 Å². The lowest BCUT2D eigenvalue weighted by atomic mass is 10.1. The Morgan fingerprint density at radius 1 is 0.920 bits per heavy atom. The van der Waals surface area contributed by atoms with Gasteiger partial charge in [0.2, 0.25) is 0 Å². The second-order valence-electron chi connectivity index (χ2n) is 6.65. The van der Waals surface area contributed by atoms with Crippen LogP contribution in [0.1, 0.15) is 20.3 Å². The minimum Gasteiger partial charge on any atom is -0.312 e. The largest absolute Gasteiger partial charge is 0.312 e. The third kappa shape index (κ3) is 3.28. The highest BCUT2D eigenvalue weighted by atomic mass is 16.2. The molecule has 1 aliphatic rings. The fourth-order valence-electron chi connectivity index (χ4n) is 2.99. The molecule has 0 saturated heterocycles. The SMILES string of the molecule is CC(C)CCN1C(=O)C(N)C(=O)N(c2ccccc2)c2ccccc21. The zero-order chi connectivity index (χ0) is 18.0. The maximum Gasteiger partial charge on any atom is 0.258 e. The van der Waals surface area contributed by atoms with Crippen molar-refractivity contribution in [2.45, 2.75) is 26.3 Å². The van der Waals surface area contributed by atoms with E-state index in [2.05, 4.69) is 13.8 Å². The Kier molecular flexibility index (Phi) is 4.86. The van der Waals surface area contributed by atoms with Crippen molar-refractivity contribution in [2.75, 3.05) is 16.3 Å². The van der Waals surface area contributed by atoms with Crippen LogP contribution in [0.25, 0.3) is 0 Å². The average molecular weight is 337 g/mol. The predicted octanol–water partition coefficient (Wildman–Crippen LogP) is 3.07. The van der Waals surface area contributed by atoms with Gasteiger partial charge in [-0.15, -0.1) is 0 Å². The van der Waals surface area contributed by atoms with E-state index in [9.17, 15) is 9.59 Å². The van der Waals surface area contributed by atoms with E-state index < -0.39 is 11.9 Å². The molecule has 25 heavy (non-hydrogen) atoms. The van der Waals surface area contributed by atoms with Crippen LogP contribution in [0.15, 0.2) is 54.6 Å². The first kappa shape index (κ1) is 17.2. The van der Waals surface area contributed by atoms with E-state index in [0.717, 1.165) is 12.1 Å². The summed E-state index contributed by atoms with van der Waals surface area (Å²) in [5.74, 6) is -0.312. The number of carbonyl (C=O) groups is 2. The smallest absolute Gasteiger partial charge is 0.258 e. The van der Waals surface area contributed by atoms with Gasteiger partial charge in [-0.25, -0.2) is 0 Å². The first-order chi connectivity index (χ1) is 12.0. The molecule has 5 heteroatoms. The summed E-state index contributed by atoms with van der Waals surface area (Å²) in [7, 11) is 0. The van der Waals surface area contributed by atoms with E-state index in [1.165, 1.54) is 0 Å². The molecular formula is C20H23N3O2. The molecule has 0 radical (unpaired) electrons. The molecule has 2 aromatic carbocycles. The Morgan fingerprint density at radius 2 is 1.52 bits per heavy atom. The van der Waals surface area contributed by atoms with Gasteiger partial charge in [-0.1, -0.05) is 44.2 Å². The van der Waals surface area contributed by atoms with Crippen LogP contribution in [0.4, 0.5) is 17.1 Å². The number of hydrogen-bond donors (Lipinski definition) is 1. The zero-order valence-electron chi connectivity index (χ0n) is 14.6. The number of rotatable bonds is 4. The number of nitrogens with two attached hydrogens (primary N) is 1. The molecule has 2 N–H and O–H groups in total. The monoisotopic (exact) mass is 337 g/mol. The van der Waals surface area contributed by atoms with E-state index in [4.69, 9.17) is 5.73 Å². The van der Waals surface area contributed by atoms with Crippen LogP contribution in [0.2, 0.25) is 0 Å². The molecule has 1 atom stereocenters. The fraction of sp³-hybridized carbons (Fsp3) is 0.300. The Bertz CT molecular complexity index is 774. The van der Waals surface area contributed by atoms with Gasteiger partial charge < -0.3 is 10.6 Å². The number of carbonyl (C=O) groups excluding carboxylic acids is 2. The van der Waals surface area contributed by atoms with Crippen molar-refractivity contribution >= 4 is 28.9 Å². The first-order valence-corrected chi connectivity index (χ1v) is 8.55. The fourth-order valence-corrected chi connectivity index (χ4v) is 2.99. The highest BCUT2D eigenvalue weighted by molar-refractivity contribution is 6.22. The van der Waals surface area contributed by atoms with Crippen molar-refractivity contribution in [2.24, 2.45) is 11.7 Å². The van der Waals surface area contributed by atoms with Crippen LogP contribution in [0.5, 0.6) is 0 Å². The van der Waals surface area contributed by atoms with Gasteiger partial charge in [-0.05, 0) is 36.6 Å². The van der Waals surface area contributed by atoms with Gasteiger partial charge >= 0.3 is 0 Å². The summed E-state index contributed by atoms with van der Waals surface area (Å²) in [6, 6.07) is 15.6. The topological polar surface area (TPSA) is 66.6 Å². The third-order valence-corrected chi connectivity index (χ3v) is 4.38. The molecule has 0 aromatic heterocycles. The molecule has 0 spiro atoms. The molecule has 2 aromatic rings. The van der Waals surface area contributed by atoms with Gasteiger partial charge in [0.15, 0.2) is 6.04 Å².